The molecule has 2 unspecified atom stereocenters. The molecule has 0 bridgehead atoms. The highest BCUT2D eigenvalue weighted by Crippen LogP contribution is 2.27. The van der Waals surface area contributed by atoms with Crippen LogP contribution >= 0.6 is 11.3 Å². The Bertz CT molecular complexity index is 1030. The number of carbonyl (C=O) groups excluding carboxylic acids is 1. The van der Waals surface area contributed by atoms with E-state index in [-0.39, 0.29) is 24.4 Å². The first-order valence-corrected chi connectivity index (χ1v) is 11.4. The Kier molecular flexibility index (Phi) is 6.50. The number of nitrogens with zero attached hydrogens (tertiary/aromatic N) is 3. The van der Waals surface area contributed by atoms with Crippen LogP contribution in [0.25, 0.3) is 10.4 Å². The van der Waals surface area contributed by atoms with Gasteiger partial charge in [-0.15, -0.1) is 11.3 Å². The third kappa shape index (κ3) is 5.03. The average Bonchev–Trinajstić information content (AvgIpc) is 3.47. The number of likely N-dealkylation sites (tertiary alicyclic amines) is 1. The van der Waals surface area contributed by atoms with Crippen molar-refractivity contribution in [1.29, 1.82) is 0 Å². The maximum atomic E-state index is 12.9. The first-order valence-electron chi connectivity index (χ1n) is 10.6. The number of aliphatic hydroxyl groups is 1. The lowest BCUT2D eigenvalue weighted by Gasteiger charge is -2.25. The predicted molar refractivity (Wildman–Crippen MR) is 120 cm³/mol. The number of hydrogen-bond donors (Lipinski definition) is 2. The van der Waals surface area contributed by atoms with Crippen molar-refractivity contribution < 1.29 is 14.4 Å². The highest BCUT2D eigenvalue weighted by atomic mass is 32.1. The van der Waals surface area contributed by atoms with Gasteiger partial charge in [-0.2, -0.15) is 0 Å². The van der Waals surface area contributed by atoms with Crippen LogP contribution in [0.3, 0.4) is 0 Å². The summed E-state index contributed by atoms with van der Waals surface area (Å²) in [6.45, 7) is 7.02. The van der Waals surface area contributed by atoms with Gasteiger partial charge in [0.25, 0.3) is 0 Å². The molecule has 1 fully saturated rings. The Balaban J connectivity index is 1.36. The van der Waals surface area contributed by atoms with Crippen LogP contribution in [0.5, 0.6) is 0 Å². The first-order chi connectivity index (χ1) is 14.9. The molecule has 2 aromatic heterocycles. The van der Waals surface area contributed by atoms with Gasteiger partial charge in [-0.1, -0.05) is 43.3 Å². The molecule has 7 nitrogen and oxygen atoms in total. The number of nitrogens with one attached hydrogen (secondary N) is 1. The van der Waals surface area contributed by atoms with Crippen molar-refractivity contribution >= 4 is 17.2 Å². The van der Waals surface area contributed by atoms with Crippen LogP contribution in [0.2, 0.25) is 0 Å². The van der Waals surface area contributed by atoms with E-state index in [1.165, 1.54) is 4.88 Å². The lowest BCUT2D eigenvalue weighted by Crippen LogP contribution is -2.45. The summed E-state index contributed by atoms with van der Waals surface area (Å²) in [6, 6.07) is 10.2. The number of aryl methyl sites for hydroxylation is 1. The van der Waals surface area contributed by atoms with E-state index in [1.54, 1.807) is 16.2 Å². The Morgan fingerprint density at radius 1 is 1.35 bits per heavy atom. The number of thiazole rings is 1. The molecule has 0 spiro atoms. The number of aliphatic hydroxyl groups excluding tert-OH is 1. The number of hydrogen-bond acceptors (Lipinski definition) is 7. The van der Waals surface area contributed by atoms with E-state index in [0.29, 0.717) is 25.3 Å². The fourth-order valence-electron chi connectivity index (χ4n) is 3.81. The second kappa shape index (κ2) is 9.30. The van der Waals surface area contributed by atoms with Gasteiger partial charge in [0.2, 0.25) is 5.91 Å². The van der Waals surface area contributed by atoms with Crippen molar-refractivity contribution in [3.63, 3.8) is 0 Å². The second-order valence-electron chi connectivity index (χ2n) is 8.35. The average molecular weight is 441 g/mol. The fraction of sp³-hybridized carbons (Fsp3) is 0.435. The van der Waals surface area contributed by atoms with Gasteiger partial charge in [0.15, 0.2) is 0 Å². The molecular formula is C23H28N4O3S. The highest BCUT2D eigenvalue weighted by molar-refractivity contribution is 7.13. The van der Waals surface area contributed by atoms with Crippen molar-refractivity contribution in [3.8, 4) is 10.4 Å². The SMILES string of the molecule is Cc1ncsc1-c1ccc(CNC2CC(O)CN2C(=O)Cc2cc(C(C)C)no2)cc1. The number of rotatable bonds is 7. The molecule has 2 N–H and O–H groups in total. The number of β-amino-alcohol motifs (C(OH)–C–C–N with tert-alkyl or cyclic N) is 1. The molecule has 3 aromatic rings. The van der Waals surface area contributed by atoms with E-state index in [1.807, 2.05) is 32.3 Å². The normalized spacial score (nSPS) is 18.8. The zero-order valence-corrected chi connectivity index (χ0v) is 18.9. The van der Waals surface area contributed by atoms with Gasteiger partial charge < -0.3 is 14.5 Å². The molecule has 3 heterocycles. The standard InChI is InChI=1S/C23H28N4O3S/c1-14(2)20-9-19(30-26-20)10-22(29)27-12-18(28)8-21(27)24-11-16-4-6-17(7-5-16)23-15(3)25-13-31-23/h4-7,9,13-14,18,21,24,28H,8,10-12H2,1-3H3. The van der Waals surface area contributed by atoms with E-state index < -0.39 is 6.10 Å². The summed E-state index contributed by atoms with van der Waals surface area (Å²) in [6.07, 6.45) is -0.0806. The largest absolute Gasteiger partial charge is 0.391 e. The summed E-state index contributed by atoms with van der Waals surface area (Å²) in [5, 5.41) is 17.6. The maximum absolute atomic E-state index is 12.9. The van der Waals surface area contributed by atoms with Crippen molar-refractivity contribution in [1.82, 2.24) is 20.4 Å². The predicted octanol–water partition coefficient (Wildman–Crippen LogP) is 3.48. The summed E-state index contributed by atoms with van der Waals surface area (Å²) in [5.41, 5.74) is 6.02. The number of aromatic nitrogens is 2. The molecule has 0 saturated carbocycles. The van der Waals surface area contributed by atoms with Crippen LogP contribution in [0.1, 0.15) is 48.9 Å². The molecule has 4 rings (SSSR count). The van der Waals surface area contributed by atoms with Crippen LogP contribution in [0.4, 0.5) is 0 Å². The van der Waals surface area contributed by atoms with E-state index in [2.05, 4.69) is 39.7 Å². The lowest BCUT2D eigenvalue weighted by atomic mass is 10.1. The summed E-state index contributed by atoms with van der Waals surface area (Å²) in [4.78, 5) is 20.1. The quantitative estimate of drug-likeness (QED) is 0.584. The minimum Gasteiger partial charge on any atom is -0.391 e. The van der Waals surface area contributed by atoms with Gasteiger partial charge in [-0.25, -0.2) is 4.98 Å². The third-order valence-corrected chi connectivity index (χ3v) is 6.57. The molecule has 0 radical (unpaired) electrons. The number of carbonyl (C=O) groups is 1. The summed E-state index contributed by atoms with van der Waals surface area (Å²) in [7, 11) is 0. The molecule has 2 atom stereocenters. The molecule has 1 saturated heterocycles. The van der Waals surface area contributed by atoms with Gasteiger partial charge in [0.1, 0.15) is 5.76 Å². The molecule has 31 heavy (non-hydrogen) atoms. The smallest absolute Gasteiger partial charge is 0.231 e. The topological polar surface area (TPSA) is 91.5 Å². The molecule has 1 aliphatic heterocycles. The zero-order chi connectivity index (χ0) is 22.0. The van der Waals surface area contributed by atoms with Crippen molar-refractivity contribution in [2.45, 2.75) is 58.3 Å². The Morgan fingerprint density at radius 2 is 2.13 bits per heavy atom. The van der Waals surface area contributed by atoms with Gasteiger partial charge in [-0.05, 0) is 24.0 Å². The monoisotopic (exact) mass is 440 g/mol. The molecule has 1 aliphatic rings. The molecule has 1 amide bonds. The number of amides is 1. The highest BCUT2D eigenvalue weighted by Gasteiger charge is 2.34. The zero-order valence-electron chi connectivity index (χ0n) is 18.0. The molecular weight excluding hydrogens is 412 g/mol. The van der Waals surface area contributed by atoms with Crippen LogP contribution in [0, 0.1) is 6.92 Å². The number of benzene rings is 1. The summed E-state index contributed by atoms with van der Waals surface area (Å²) in [5.74, 6) is 0.737. The minimum absolute atomic E-state index is 0.0727. The molecule has 8 heteroatoms. The van der Waals surface area contributed by atoms with Gasteiger partial charge >= 0.3 is 0 Å². The van der Waals surface area contributed by atoms with E-state index in [9.17, 15) is 9.90 Å². The van der Waals surface area contributed by atoms with E-state index >= 15 is 0 Å². The molecule has 0 aliphatic carbocycles. The van der Waals surface area contributed by atoms with Gasteiger partial charge in [0.05, 0.1) is 40.5 Å². The van der Waals surface area contributed by atoms with E-state index in [4.69, 9.17) is 4.52 Å². The Labute approximate surface area is 186 Å². The van der Waals surface area contributed by atoms with E-state index in [0.717, 1.165) is 22.5 Å². The van der Waals surface area contributed by atoms with Crippen LogP contribution in [-0.2, 0) is 17.8 Å². The summed E-state index contributed by atoms with van der Waals surface area (Å²) < 4.78 is 5.31. The maximum Gasteiger partial charge on any atom is 0.231 e. The van der Waals surface area contributed by atoms with Crippen molar-refractivity contribution in [2.24, 2.45) is 0 Å². The Hall–Kier alpha value is -2.55. The van der Waals surface area contributed by atoms with Crippen LogP contribution in [0.15, 0.2) is 40.4 Å². The van der Waals surface area contributed by atoms with Gasteiger partial charge in [0, 0.05) is 25.6 Å². The fourth-order valence-corrected chi connectivity index (χ4v) is 4.62. The molecule has 1 aromatic carbocycles. The summed E-state index contributed by atoms with van der Waals surface area (Å²) >= 11 is 1.64. The minimum atomic E-state index is -0.529. The van der Waals surface area contributed by atoms with Gasteiger partial charge in [-0.3, -0.25) is 10.1 Å². The first kappa shape index (κ1) is 21.7. The lowest BCUT2D eigenvalue weighted by molar-refractivity contribution is -0.132. The van der Waals surface area contributed by atoms with Crippen molar-refractivity contribution in [2.75, 3.05) is 6.54 Å². The van der Waals surface area contributed by atoms with Crippen LogP contribution in [-0.4, -0.2) is 44.9 Å². The van der Waals surface area contributed by atoms with Crippen molar-refractivity contribution in [3.05, 3.63) is 58.6 Å². The van der Waals surface area contributed by atoms with Crippen LogP contribution < -0.4 is 5.32 Å². The third-order valence-electron chi connectivity index (χ3n) is 5.60. The second-order valence-corrected chi connectivity index (χ2v) is 9.20. The Morgan fingerprint density at radius 3 is 2.77 bits per heavy atom. The molecule has 164 valence electrons.